The van der Waals surface area contributed by atoms with Crippen LogP contribution in [0.3, 0.4) is 0 Å². The molecule has 0 fully saturated rings. The van der Waals surface area contributed by atoms with E-state index in [1.54, 1.807) is 0 Å². The molecule has 1 aromatic carbocycles. The van der Waals surface area contributed by atoms with Crippen LogP contribution in [0.1, 0.15) is 79.8 Å². The Morgan fingerprint density at radius 1 is 1.03 bits per heavy atom. The molecular formula is C24H33BrN2O2. The van der Waals surface area contributed by atoms with Crippen LogP contribution in [0.5, 0.6) is 0 Å². The maximum Gasteiger partial charge on any atom is 0.261 e. The third kappa shape index (κ3) is 5.00. The first-order valence-corrected chi connectivity index (χ1v) is 11.5. The molecule has 1 amide bonds. The van der Waals surface area contributed by atoms with Gasteiger partial charge in [0.15, 0.2) is 0 Å². The van der Waals surface area contributed by atoms with Crippen LogP contribution >= 0.6 is 15.9 Å². The number of anilines is 1. The minimum Gasteiger partial charge on any atom is -0.347 e. The summed E-state index contributed by atoms with van der Waals surface area (Å²) in [6.45, 7) is 11.1. The van der Waals surface area contributed by atoms with Crippen LogP contribution in [0.25, 0.3) is 0 Å². The van der Waals surface area contributed by atoms with Gasteiger partial charge < -0.3 is 9.88 Å². The van der Waals surface area contributed by atoms with Gasteiger partial charge in [-0.2, -0.15) is 0 Å². The van der Waals surface area contributed by atoms with Crippen molar-refractivity contribution in [1.82, 2.24) is 4.57 Å². The fourth-order valence-electron chi connectivity index (χ4n) is 3.86. The summed E-state index contributed by atoms with van der Waals surface area (Å²) in [5.41, 5.74) is 4.76. The molecule has 0 aliphatic carbocycles. The highest BCUT2D eigenvalue weighted by Gasteiger charge is 2.23. The van der Waals surface area contributed by atoms with Crippen molar-refractivity contribution in [3.63, 3.8) is 0 Å². The molecule has 1 heterocycles. The third-order valence-corrected chi connectivity index (χ3v) is 6.48. The van der Waals surface area contributed by atoms with Crippen LogP contribution in [-0.4, -0.2) is 10.5 Å². The number of carbonyl (C=O) groups excluding carboxylic acids is 1. The summed E-state index contributed by atoms with van der Waals surface area (Å²) < 4.78 is 2.62. The third-order valence-electron chi connectivity index (χ3n) is 5.55. The van der Waals surface area contributed by atoms with E-state index in [-0.39, 0.29) is 16.9 Å². The topological polar surface area (TPSA) is 51.1 Å². The molecule has 2 rings (SSSR count). The van der Waals surface area contributed by atoms with Crippen molar-refractivity contribution < 1.29 is 4.79 Å². The van der Waals surface area contributed by atoms with E-state index in [9.17, 15) is 9.59 Å². The van der Waals surface area contributed by atoms with Crippen LogP contribution in [0.2, 0.25) is 0 Å². The molecule has 0 spiro atoms. The van der Waals surface area contributed by atoms with Crippen molar-refractivity contribution in [3.8, 4) is 0 Å². The average Bonchev–Trinajstić information content (AvgIpc) is 2.73. The summed E-state index contributed by atoms with van der Waals surface area (Å²) in [6, 6.07) is 6.08. The van der Waals surface area contributed by atoms with E-state index in [2.05, 4.69) is 46.6 Å². The zero-order valence-corrected chi connectivity index (χ0v) is 19.9. The molecule has 2 aromatic rings. The van der Waals surface area contributed by atoms with E-state index in [1.165, 1.54) is 0 Å². The van der Waals surface area contributed by atoms with E-state index in [1.807, 2.05) is 32.0 Å². The van der Waals surface area contributed by atoms with Gasteiger partial charge in [0, 0.05) is 23.6 Å². The number of para-hydroxylation sites is 1. The van der Waals surface area contributed by atoms with Gasteiger partial charge in [0.1, 0.15) is 5.56 Å². The van der Waals surface area contributed by atoms with Crippen molar-refractivity contribution in [1.29, 1.82) is 0 Å². The predicted octanol–water partition coefficient (Wildman–Crippen LogP) is 6.05. The number of hydrogen-bond donors (Lipinski definition) is 1. The first kappa shape index (κ1) is 23.4. The Morgan fingerprint density at radius 2 is 1.66 bits per heavy atom. The Kier molecular flexibility index (Phi) is 8.69. The minimum absolute atomic E-state index is 0.226. The molecule has 1 aromatic heterocycles. The average molecular weight is 461 g/mol. The van der Waals surface area contributed by atoms with Gasteiger partial charge in [0.05, 0.1) is 4.47 Å². The molecule has 0 unspecified atom stereocenters. The number of hydrogen-bond acceptors (Lipinski definition) is 2. The van der Waals surface area contributed by atoms with Crippen LogP contribution in [0, 0.1) is 6.92 Å². The van der Waals surface area contributed by atoms with Gasteiger partial charge in [-0.3, -0.25) is 9.59 Å². The fraction of sp³-hybridized carbons (Fsp3) is 0.500. The molecule has 0 aliphatic rings. The van der Waals surface area contributed by atoms with Crippen LogP contribution in [-0.2, 0) is 25.8 Å². The van der Waals surface area contributed by atoms with Crippen molar-refractivity contribution in [3.05, 3.63) is 61.0 Å². The highest BCUT2D eigenvalue weighted by Crippen LogP contribution is 2.25. The number of nitrogens with one attached hydrogen (secondary N) is 1. The molecule has 29 heavy (non-hydrogen) atoms. The van der Waals surface area contributed by atoms with Crippen molar-refractivity contribution >= 4 is 27.5 Å². The molecule has 5 heteroatoms. The number of rotatable bonds is 9. The maximum absolute atomic E-state index is 13.4. The van der Waals surface area contributed by atoms with Crippen LogP contribution in [0.4, 0.5) is 5.69 Å². The molecule has 0 radical (unpaired) electrons. The first-order valence-electron chi connectivity index (χ1n) is 10.7. The van der Waals surface area contributed by atoms with E-state index in [4.69, 9.17) is 0 Å². The van der Waals surface area contributed by atoms with E-state index in [0.29, 0.717) is 10.9 Å². The Bertz CT molecular complexity index is 909. The molecule has 4 nitrogen and oxygen atoms in total. The van der Waals surface area contributed by atoms with Gasteiger partial charge in [-0.25, -0.2) is 0 Å². The predicted molar refractivity (Wildman–Crippen MR) is 125 cm³/mol. The molecule has 0 saturated heterocycles. The normalized spacial score (nSPS) is 11.0. The van der Waals surface area contributed by atoms with Gasteiger partial charge in [-0.15, -0.1) is 0 Å². The fourth-order valence-corrected chi connectivity index (χ4v) is 4.28. The molecular weight excluding hydrogens is 428 g/mol. The number of benzene rings is 1. The quantitative estimate of drug-likeness (QED) is 0.463. The van der Waals surface area contributed by atoms with E-state index >= 15 is 0 Å². The maximum atomic E-state index is 13.4. The lowest BCUT2D eigenvalue weighted by molar-refractivity contribution is 0.102. The Labute approximate surface area is 182 Å². The molecule has 158 valence electrons. The number of aromatic nitrogens is 1. The standard InChI is InChI=1S/C24H33BrN2O2/c1-6-10-11-15-27-16(5)21(25)23(28)20(19(27)9-4)24(29)26-22-17(7-2)13-12-14-18(22)8-3/h12-14H,6-11,15H2,1-5H3,(H,26,29). The highest BCUT2D eigenvalue weighted by molar-refractivity contribution is 9.10. The number of amides is 1. The largest absolute Gasteiger partial charge is 0.347 e. The number of aryl methyl sites for hydroxylation is 2. The smallest absolute Gasteiger partial charge is 0.261 e. The van der Waals surface area contributed by atoms with Crippen molar-refractivity contribution in [2.45, 2.75) is 79.7 Å². The van der Waals surface area contributed by atoms with Crippen LogP contribution in [0.15, 0.2) is 27.5 Å². The van der Waals surface area contributed by atoms with E-state index in [0.717, 1.165) is 66.9 Å². The zero-order chi connectivity index (χ0) is 21.6. The number of carbonyl (C=O) groups is 1. The lowest BCUT2D eigenvalue weighted by atomic mass is 10.0. The van der Waals surface area contributed by atoms with Gasteiger partial charge >= 0.3 is 0 Å². The highest BCUT2D eigenvalue weighted by atomic mass is 79.9. The Balaban J connectivity index is 2.57. The molecule has 0 saturated carbocycles. The summed E-state index contributed by atoms with van der Waals surface area (Å²) in [7, 11) is 0. The second-order valence-corrected chi connectivity index (χ2v) is 8.17. The van der Waals surface area contributed by atoms with Gasteiger partial charge in [-0.05, 0) is 59.7 Å². The number of pyridine rings is 1. The summed E-state index contributed by atoms with van der Waals surface area (Å²) in [5, 5.41) is 3.08. The van der Waals surface area contributed by atoms with Gasteiger partial charge in [0.25, 0.3) is 5.91 Å². The molecule has 0 atom stereocenters. The number of halogens is 1. The summed E-state index contributed by atoms with van der Waals surface area (Å²) in [6.07, 6.45) is 5.56. The lowest BCUT2D eigenvalue weighted by Gasteiger charge is -2.21. The second-order valence-electron chi connectivity index (χ2n) is 7.37. The molecule has 0 aliphatic heterocycles. The van der Waals surface area contributed by atoms with Crippen LogP contribution < -0.4 is 10.7 Å². The zero-order valence-electron chi connectivity index (χ0n) is 18.3. The van der Waals surface area contributed by atoms with Gasteiger partial charge in [0.2, 0.25) is 5.43 Å². The minimum atomic E-state index is -0.313. The SMILES string of the molecule is CCCCCn1c(C)c(Br)c(=O)c(C(=O)Nc2c(CC)cccc2CC)c1CC. The molecule has 1 N–H and O–H groups in total. The molecule has 0 bridgehead atoms. The second kappa shape index (κ2) is 10.8. The summed E-state index contributed by atoms with van der Waals surface area (Å²) in [5.74, 6) is -0.313. The van der Waals surface area contributed by atoms with Crippen molar-refractivity contribution in [2.75, 3.05) is 5.32 Å². The number of unbranched alkanes of at least 4 members (excludes halogenated alkanes) is 2. The summed E-state index contributed by atoms with van der Waals surface area (Å²) in [4.78, 5) is 26.4. The number of nitrogens with zero attached hydrogens (tertiary/aromatic N) is 1. The summed E-state index contributed by atoms with van der Waals surface area (Å²) >= 11 is 3.45. The Hall–Kier alpha value is -1.88. The van der Waals surface area contributed by atoms with Gasteiger partial charge in [-0.1, -0.05) is 58.7 Å². The van der Waals surface area contributed by atoms with E-state index < -0.39 is 0 Å². The Morgan fingerprint density at radius 3 is 2.17 bits per heavy atom. The van der Waals surface area contributed by atoms with Crippen molar-refractivity contribution in [2.24, 2.45) is 0 Å². The lowest BCUT2D eigenvalue weighted by Crippen LogP contribution is -2.30. The monoisotopic (exact) mass is 460 g/mol. The first-order chi connectivity index (χ1) is 13.9.